The van der Waals surface area contributed by atoms with Crippen molar-refractivity contribution in [2.75, 3.05) is 6.61 Å². The van der Waals surface area contributed by atoms with E-state index in [9.17, 15) is 4.79 Å². The third-order valence-electron chi connectivity index (χ3n) is 0.613. The van der Waals surface area contributed by atoms with Crippen LogP contribution in [0, 0.1) is 14.9 Å². The van der Waals surface area contributed by atoms with Crippen LogP contribution in [0.25, 0.3) is 0 Å². The van der Waals surface area contributed by atoms with Gasteiger partial charge in [0.15, 0.2) is 0 Å². The van der Waals surface area contributed by atoms with E-state index in [1.807, 2.05) is 0 Å². The normalized spacial score (nSPS) is 8.33. The molecule has 3 nitrogen and oxygen atoms in total. The average Bonchev–Trinajstić information content (AvgIpc) is 1.63. The Morgan fingerprint density at radius 1 is 1.50 bits per heavy atom. The number of aliphatic hydroxyl groups excluding tert-OH is 1. The minimum atomic E-state index is -0.502. The van der Waals surface area contributed by atoms with Crippen LogP contribution in [0.1, 0.15) is 13.8 Å². The molecule has 0 aliphatic heterocycles. The zero-order valence-corrected chi connectivity index (χ0v) is 9.61. The van der Waals surface area contributed by atoms with Gasteiger partial charge in [0.25, 0.3) is 0 Å². The average molecular weight is 208 g/mol. The molecule has 0 fully saturated rings. The summed E-state index contributed by atoms with van der Waals surface area (Å²) in [6.45, 7) is 3.46. The van der Waals surface area contributed by atoms with E-state index in [0.29, 0.717) is 6.61 Å². The first-order chi connectivity index (χ1) is 4.16. The van der Waals surface area contributed by atoms with Crippen molar-refractivity contribution in [2.24, 2.45) is 0 Å². The SMILES string of the molecule is CCOC(=O)/C=C(/C)O.[CH3-].[CH3-].[Ti+2]. The number of rotatable bonds is 2. The molecule has 12 heavy (non-hydrogen) atoms. The number of ether oxygens (including phenoxy) is 1. The molecule has 0 aliphatic rings. The summed E-state index contributed by atoms with van der Waals surface area (Å²) >= 11 is 0. The van der Waals surface area contributed by atoms with Crippen LogP contribution in [0.2, 0.25) is 0 Å². The quantitative estimate of drug-likeness (QED) is 0.248. The summed E-state index contributed by atoms with van der Waals surface area (Å²) in [7, 11) is 0. The fourth-order valence-corrected chi connectivity index (χ4v) is 0.354. The van der Waals surface area contributed by atoms with Gasteiger partial charge in [0.05, 0.1) is 18.4 Å². The molecule has 70 valence electrons. The number of hydrogen-bond acceptors (Lipinski definition) is 3. The van der Waals surface area contributed by atoms with E-state index < -0.39 is 5.97 Å². The number of carbonyl (C=O) groups is 1. The Kier molecular flexibility index (Phi) is 25.1. The molecule has 0 aromatic carbocycles. The van der Waals surface area contributed by atoms with Crippen LogP contribution in [0.4, 0.5) is 0 Å². The van der Waals surface area contributed by atoms with Crippen LogP contribution in [0.3, 0.4) is 0 Å². The zero-order valence-electron chi connectivity index (χ0n) is 8.05. The summed E-state index contributed by atoms with van der Waals surface area (Å²) in [4.78, 5) is 10.4. The first kappa shape index (κ1) is 22.6. The van der Waals surface area contributed by atoms with Gasteiger partial charge in [-0.15, -0.1) is 0 Å². The van der Waals surface area contributed by atoms with E-state index in [1.54, 1.807) is 6.92 Å². The second-order valence-electron chi connectivity index (χ2n) is 1.54. The predicted molar refractivity (Wildman–Crippen MR) is 45.8 cm³/mol. The molecule has 0 saturated carbocycles. The smallest absolute Gasteiger partial charge is 0.512 e. The largest absolute Gasteiger partial charge is 2.00 e. The van der Waals surface area contributed by atoms with Crippen molar-refractivity contribution < 1.29 is 36.4 Å². The van der Waals surface area contributed by atoms with Crippen LogP contribution in [-0.2, 0) is 31.2 Å². The molecule has 0 heterocycles. The number of esters is 1. The van der Waals surface area contributed by atoms with Gasteiger partial charge < -0.3 is 24.7 Å². The van der Waals surface area contributed by atoms with E-state index >= 15 is 0 Å². The molecule has 0 aromatic heterocycles. The minimum absolute atomic E-state index is 0. The van der Waals surface area contributed by atoms with Gasteiger partial charge in [0.1, 0.15) is 0 Å². The third kappa shape index (κ3) is 16.4. The summed E-state index contributed by atoms with van der Waals surface area (Å²) in [5.41, 5.74) is 0. The van der Waals surface area contributed by atoms with E-state index in [-0.39, 0.29) is 42.3 Å². The first-order valence-electron chi connectivity index (χ1n) is 2.70. The summed E-state index contributed by atoms with van der Waals surface area (Å²) in [6, 6.07) is 0. The van der Waals surface area contributed by atoms with Gasteiger partial charge >= 0.3 is 27.7 Å². The van der Waals surface area contributed by atoms with Crippen LogP contribution in [0.5, 0.6) is 0 Å². The van der Waals surface area contributed by atoms with Crippen LogP contribution < -0.4 is 0 Å². The van der Waals surface area contributed by atoms with E-state index in [0.717, 1.165) is 6.08 Å². The molecule has 0 aliphatic carbocycles. The topological polar surface area (TPSA) is 46.5 Å². The van der Waals surface area contributed by atoms with Gasteiger partial charge in [-0.05, 0) is 13.8 Å². The van der Waals surface area contributed by atoms with E-state index in [2.05, 4.69) is 4.74 Å². The third-order valence-corrected chi connectivity index (χ3v) is 0.613. The Bertz CT molecular complexity index is 128. The molecule has 0 aromatic rings. The number of carbonyl (C=O) groups excluding carboxylic acids is 1. The van der Waals surface area contributed by atoms with Gasteiger partial charge in [0, 0.05) is 0 Å². The fraction of sp³-hybridized carbons (Fsp3) is 0.375. The van der Waals surface area contributed by atoms with Crippen molar-refractivity contribution in [1.82, 2.24) is 0 Å². The van der Waals surface area contributed by atoms with Crippen LogP contribution >= 0.6 is 0 Å². The fourth-order valence-electron chi connectivity index (χ4n) is 0.354. The number of allylic oxidation sites excluding steroid dienone is 1. The second-order valence-corrected chi connectivity index (χ2v) is 1.54. The zero-order chi connectivity index (χ0) is 7.28. The predicted octanol–water partition coefficient (Wildman–Crippen LogP) is 1.91. The van der Waals surface area contributed by atoms with Crippen LogP contribution in [0.15, 0.2) is 11.8 Å². The molecule has 4 heteroatoms. The summed E-state index contributed by atoms with van der Waals surface area (Å²) < 4.78 is 4.48. The maximum absolute atomic E-state index is 10.4. The Morgan fingerprint density at radius 2 is 1.92 bits per heavy atom. The van der Waals surface area contributed by atoms with E-state index in [1.165, 1.54) is 6.92 Å². The Hall–Kier alpha value is -0.276. The van der Waals surface area contributed by atoms with Gasteiger partial charge in [-0.3, -0.25) is 0 Å². The Labute approximate surface area is 89.7 Å². The first-order valence-corrected chi connectivity index (χ1v) is 2.70. The van der Waals surface area contributed by atoms with Crippen molar-refractivity contribution >= 4 is 5.97 Å². The minimum Gasteiger partial charge on any atom is -0.512 e. The maximum atomic E-state index is 10.4. The molecular formula is C8H16O3Ti. The van der Waals surface area contributed by atoms with Crippen molar-refractivity contribution in [1.29, 1.82) is 0 Å². The van der Waals surface area contributed by atoms with Crippen molar-refractivity contribution in [2.45, 2.75) is 13.8 Å². The number of aliphatic hydroxyl groups is 1. The molecule has 0 unspecified atom stereocenters. The number of hydrogen-bond donors (Lipinski definition) is 1. The molecule has 0 spiro atoms. The summed E-state index contributed by atoms with van der Waals surface area (Å²) in [5.74, 6) is -0.536. The molecule has 0 atom stereocenters. The monoisotopic (exact) mass is 208 g/mol. The summed E-state index contributed by atoms with van der Waals surface area (Å²) in [5, 5.41) is 8.51. The van der Waals surface area contributed by atoms with Crippen LogP contribution in [-0.4, -0.2) is 17.7 Å². The molecule has 1 N–H and O–H groups in total. The van der Waals surface area contributed by atoms with Gasteiger partial charge in [-0.25, -0.2) is 4.79 Å². The van der Waals surface area contributed by atoms with Crippen molar-refractivity contribution in [3.05, 3.63) is 26.7 Å². The van der Waals surface area contributed by atoms with Gasteiger partial charge in [0.2, 0.25) is 0 Å². The molecule has 0 saturated heterocycles. The molecule has 0 rings (SSSR count). The van der Waals surface area contributed by atoms with Crippen molar-refractivity contribution in [3.63, 3.8) is 0 Å². The second kappa shape index (κ2) is 13.3. The Morgan fingerprint density at radius 3 is 2.17 bits per heavy atom. The van der Waals surface area contributed by atoms with Gasteiger partial charge in [-0.2, -0.15) is 0 Å². The Balaban J connectivity index is -0.000000107. The summed E-state index contributed by atoms with van der Waals surface area (Å²) in [6.07, 6.45) is 1.03. The standard InChI is InChI=1S/C6H10O3.2CH3.Ti/c1-3-9-6(8)4-5(2)7;;;/h4,7H,3H2,1-2H3;2*1H3;/q;2*-1;+2/b5-4-;;;. The van der Waals surface area contributed by atoms with Gasteiger partial charge in [-0.1, -0.05) is 0 Å². The molecular weight excluding hydrogens is 192 g/mol. The van der Waals surface area contributed by atoms with Crippen molar-refractivity contribution in [3.8, 4) is 0 Å². The van der Waals surface area contributed by atoms with E-state index in [4.69, 9.17) is 5.11 Å². The maximum Gasteiger partial charge on any atom is 2.00 e. The molecule has 0 amide bonds. The molecule has 0 radical (unpaired) electrons. The molecule has 0 bridgehead atoms.